The van der Waals surface area contributed by atoms with Crippen molar-refractivity contribution in [2.24, 2.45) is 0 Å². The van der Waals surface area contributed by atoms with Crippen LogP contribution in [-0.4, -0.2) is 11.1 Å². The van der Waals surface area contributed by atoms with E-state index in [0.29, 0.717) is 5.56 Å². The van der Waals surface area contributed by atoms with Crippen LogP contribution in [0.25, 0.3) is 44.5 Å². The van der Waals surface area contributed by atoms with Crippen molar-refractivity contribution in [3.05, 3.63) is 132 Å². The van der Waals surface area contributed by atoms with Gasteiger partial charge in [-0.25, -0.2) is 4.79 Å². The molecule has 0 bridgehead atoms. The Kier molecular flexibility index (Phi) is 5.80. The molecule has 1 N–H and O–H groups in total. The standard InChI is InChI=1S/C32H24O2/c1-22-27(23-14-6-2-7-15-23)29(24-16-8-3-9-17-24)31(26-20-12-5-13-21-26)30(28(22)32(33)34)25-18-10-4-11-19-25/h2-21H,1H3,(H,33,34). The second kappa shape index (κ2) is 9.21. The molecule has 0 heterocycles. The Hall–Kier alpha value is -4.43. The number of hydrogen-bond acceptors (Lipinski definition) is 1. The summed E-state index contributed by atoms with van der Waals surface area (Å²) in [6.45, 7) is 1.93. The maximum absolute atomic E-state index is 12.8. The van der Waals surface area contributed by atoms with Crippen LogP contribution < -0.4 is 0 Å². The molecule has 5 aromatic carbocycles. The molecule has 0 spiro atoms. The molecule has 34 heavy (non-hydrogen) atoms. The zero-order valence-corrected chi connectivity index (χ0v) is 18.9. The molecule has 0 aliphatic heterocycles. The summed E-state index contributed by atoms with van der Waals surface area (Å²) in [5, 5.41) is 10.5. The summed E-state index contributed by atoms with van der Waals surface area (Å²) in [7, 11) is 0. The molecule has 0 saturated carbocycles. The van der Waals surface area contributed by atoms with E-state index < -0.39 is 5.97 Å². The highest BCUT2D eigenvalue weighted by molar-refractivity contribution is 6.11. The Morgan fingerprint density at radius 1 is 0.471 bits per heavy atom. The van der Waals surface area contributed by atoms with Crippen molar-refractivity contribution < 1.29 is 9.90 Å². The summed E-state index contributed by atoms with van der Waals surface area (Å²) >= 11 is 0. The molecule has 0 fully saturated rings. The van der Waals surface area contributed by atoms with Gasteiger partial charge in [-0.2, -0.15) is 0 Å². The SMILES string of the molecule is Cc1c(C(=O)O)c(-c2ccccc2)c(-c2ccccc2)c(-c2ccccc2)c1-c1ccccc1. The molecule has 0 aliphatic rings. The zero-order chi connectivity index (χ0) is 23.5. The lowest BCUT2D eigenvalue weighted by Gasteiger charge is -2.25. The fraction of sp³-hybridized carbons (Fsp3) is 0.0312. The quantitative estimate of drug-likeness (QED) is 0.298. The molecule has 164 valence electrons. The van der Waals surface area contributed by atoms with Crippen LogP contribution in [0.4, 0.5) is 0 Å². The molecule has 2 heteroatoms. The molecule has 0 aliphatic carbocycles. The van der Waals surface area contributed by atoms with E-state index in [9.17, 15) is 9.90 Å². The van der Waals surface area contributed by atoms with Crippen molar-refractivity contribution in [2.75, 3.05) is 0 Å². The summed E-state index contributed by atoms with van der Waals surface area (Å²) in [6, 6.07) is 40.3. The van der Waals surface area contributed by atoms with Gasteiger partial charge >= 0.3 is 5.97 Å². The maximum Gasteiger partial charge on any atom is 0.336 e. The van der Waals surface area contributed by atoms with Gasteiger partial charge in [0.1, 0.15) is 0 Å². The first-order valence-electron chi connectivity index (χ1n) is 11.3. The van der Waals surface area contributed by atoms with Crippen molar-refractivity contribution in [1.29, 1.82) is 0 Å². The van der Waals surface area contributed by atoms with Crippen LogP contribution in [-0.2, 0) is 0 Å². The first kappa shape index (κ1) is 21.4. The summed E-state index contributed by atoms with van der Waals surface area (Å²) in [5.74, 6) is -0.926. The van der Waals surface area contributed by atoms with Crippen LogP contribution >= 0.6 is 0 Å². The highest BCUT2D eigenvalue weighted by Crippen LogP contribution is 2.49. The van der Waals surface area contributed by atoms with Crippen LogP contribution in [0.15, 0.2) is 121 Å². The van der Waals surface area contributed by atoms with Gasteiger partial charge in [0.15, 0.2) is 0 Å². The lowest BCUT2D eigenvalue weighted by atomic mass is 9.77. The number of carboxylic acid groups (broad SMARTS) is 1. The van der Waals surface area contributed by atoms with Crippen LogP contribution in [0.3, 0.4) is 0 Å². The molecule has 0 radical (unpaired) electrons. The second-order valence-electron chi connectivity index (χ2n) is 8.27. The van der Waals surface area contributed by atoms with E-state index in [1.807, 2.05) is 91.9 Å². The smallest absolute Gasteiger partial charge is 0.336 e. The average molecular weight is 441 g/mol. The third kappa shape index (κ3) is 3.80. The highest BCUT2D eigenvalue weighted by atomic mass is 16.4. The molecule has 0 unspecified atom stereocenters. The molecule has 0 saturated heterocycles. The van der Waals surface area contributed by atoms with E-state index >= 15 is 0 Å². The van der Waals surface area contributed by atoms with Gasteiger partial charge in [0.25, 0.3) is 0 Å². The number of benzene rings is 5. The van der Waals surface area contributed by atoms with E-state index in [1.165, 1.54) is 0 Å². The van der Waals surface area contributed by atoms with E-state index in [-0.39, 0.29) is 0 Å². The van der Waals surface area contributed by atoms with Crippen molar-refractivity contribution in [3.8, 4) is 44.5 Å². The monoisotopic (exact) mass is 440 g/mol. The largest absolute Gasteiger partial charge is 0.478 e. The lowest BCUT2D eigenvalue weighted by molar-refractivity contribution is 0.0697. The van der Waals surface area contributed by atoms with E-state index in [0.717, 1.165) is 50.1 Å². The number of rotatable bonds is 5. The van der Waals surface area contributed by atoms with Crippen LogP contribution in [0.5, 0.6) is 0 Å². The van der Waals surface area contributed by atoms with E-state index in [4.69, 9.17) is 0 Å². The van der Waals surface area contributed by atoms with Crippen LogP contribution in [0, 0.1) is 6.92 Å². The molecule has 0 amide bonds. The number of carboxylic acids is 1. The summed E-state index contributed by atoms with van der Waals surface area (Å²) < 4.78 is 0. The van der Waals surface area contributed by atoms with Gasteiger partial charge in [-0.15, -0.1) is 0 Å². The molecule has 0 atom stereocenters. The van der Waals surface area contributed by atoms with Crippen LogP contribution in [0.1, 0.15) is 15.9 Å². The van der Waals surface area contributed by atoms with Crippen molar-refractivity contribution in [2.45, 2.75) is 6.92 Å². The van der Waals surface area contributed by atoms with Crippen LogP contribution in [0.2, 0.25) is 0 Å². The Balaban J connectivity index is 2.06. The van der Waals surface area contributed by atoms with Gasteiger partial charge in [0, 0.05) is 5.56 Å². The number of carbonyl (C=O) groups is 1. The predicted octanol–water partition coefficient (Wildman–Crippen LogP) is 8.36. The fourth-order valence-corrected chi connectivity index (χ4v) is 4.79. The minimum atomic E-state index is -0.926. The number of aromatic carboxylic acids is 1. The first-order chi connectivity index (χ1) is 16.7. The van der Waals surface area contributed by atoms with Gasteiger partial charge in [0.2, 0.25) is 0 Å². The second-order valence-corrected chi connectivity index (χ2v) is 8.27. The Labute approximate surface area is 199 Å². The lowest BCUT2D eigenvalue weighted by Crippen LogP contribution is -2.08. The number of hydrogen-bond donors (Lipinski definition) is 1. The van der Waals surface area contributed by atoms with Gasteiger partial charge < -0.3 is 5.11 Å². The van der Waals surface area contributed by atoms with Gasteiger partial charge in [-0.3, -0.25) is 0 Å². The minimum Gasteiger partial charge on any atom is -0.478 e. The van der Waals surface area contributed by atoms with Crippen molar-refractivity contribution >= 4 is 5.97 Å². The van der Waals surface area contributed by atoms with Crippen molar-refractivity contribution in [3.63, 3.8) is 0 Å². The summed E-state index contributed by atoms with van der Waals surface area (Å²) in [5.41, 5.74) is 8.69. The maximum atomic E-state index is 12.8. The normalized spacial score (nSPS) is 10.7. The molecule has 2 nitrogen and oxygen atoms in total. The Morgan fingerprint density at radius 3 is 1.12 bits per heavy atom. The van der Waals surface area contributed by atoms with E-state index in [2.05, 4.69) is 36.4 Å². The Morgan fingerprint density at radius 2 is 0.765 bits per heavy atom. The van der Waals surface area contributed by atoms with Gasteiger partial charge in [-0.1, -0.05) is 121 Å². The molecule has 5 aromatic rings. The summed E-state index contributed by atoms with van der Waals surface area (Å²) in [4.78, 5) is 12.8. The molecule has 5 rings (SSSR count). The zero-order valence-electron chi connectivity index (χ0n) is 18.9. The van der Waals surface area contributed by atoms with Crippen molar-refractivity contribution in [1.82, 2.24) is 0 Å². The third-order valence-corrected chi connectivity index (χ3v) is 6.21. The average Bonchev–Trinajstić information content (AvgIpc) is 2.89. The fourth-order valence-electron chi connectivity index (χ4n) is 4.79. The summed E-state index contributed by atoms with van der Waals surface area (Å²) in [6.07, 6.45) is 0. The van der Waals surface area contributed by atoms with Gasteiger partial charge in [0.05, 0.1) is 5.56 Å². The Bertz CT molecular complexity index is 1440. The first-order valence-corrected chi connectivity index (χ1v) is 11.3. The third-order valence-electron chi connectivity index (χ3n) is 6.21. The highest BCUT2D eigenvalue weighted by Gasteiger charge is 2.28. The molecule has 0 aromatic heterocycles. The molecular formula is C32H24O2. The topological polar surface area (TPSA) is 37.3 Å². The minimum absolute atomic E-state index is 0.337. The predicted molar refractivity (Wildman–Crippen MR) is 140 cm³/mol. The van der Waals surface area contributed by atoms with Gasteiger partial charge in [-0.05, 0) is 51.4 Å². The van der Waals surface area contributed by atoms with E-state index in [1.54, 1.807) is 0 Å². The molecular weight excluding hydrogens is 416 g/mol.